The Bertz CT molecular complexity index is 408. The molecule has 0 unspecified atom stereocenters. The number of rotatable bonds is 5. The fraction of sp³-hybridized carbons (Fsp3) is 0.500. The van der Waals surface area contributed by atoms with Gasteiger partial charge in [-0.3, -0.25) is 4.79 Å². The number of piperazine rings is 1. The van der Waals surface area contributed by atoms with Crippen molar-refractivity contribution in [1.29, 1.82) is 0 Å². The highest BCUT2D eigenvalue weighted by atomic mass is 35.5. The zero-order valence-electron chi connectivity index (χ0n) is 11.3. The number of carbonyl (C=O) groups excluding carboxylic acids is 1. The van der Waals surface area contributed by atoms with Gasteiger partial charge >= 0.3 is 0 Å². The lowest BCUT2D eigenvalue weighted by Crippen LogP contribution is -2.46. The maximum atomic E-state index is 11.9. The number of carbonyl (C=O) groups is 1. The zero-order chi connectivity index (χ0) is 13.5. The molecule has 1 aliphatic heterocycles. The molecule has 0 radical (unpaired) electrons. The molecule has 112 valence electrons. The van der Waals surface area contributed by atoms with E-state index in [4.69, 9.17) is 11.6 Å². The van der Waals surface area contributed by atoms with Crippen molar-refractivity contribution in [3.8, 4) is 0 Å². The smallest absolute Gasteiger partial charge is 0.222 e. The molecule has 1 heterocycles. The number of benzene rings is 1. The van der Waals surface area contributed by atoms with Crippen LogP contribution >= 0.6 is 35.8 Å². The Labute approximate surface area is 135 Å². The van der Waals surface area contributed by atoms with E-state index in [1.807, 2.05) is 29.2 Å². The number of thioether (sulfide) groups is 1. The van der Waals surface area contributed by atoms with Gasteiger partial charge in [-0.2, -0.15) is 0 Å². The molecule has 1 aromatic carbocycles. The Morgan fingerprint density at radius 3 is 2.55 bits per heavy atom. The predicted molar refractivity (Wildman–Crippen MR) is 88.1 cm³/mol. The fourth-order valence-corrected chi connectivity index (χ4v) is 3.00. The Morgan fingerprint density at radius 1 is 1.25 bits per heavy atom. The van der Waals surface area contributed by atoms with E-state index < -0.39 is 0 Å². The molecule has 0 aromatic heterocycles. The minimum atomic E-state index is 0. The third-order valence-corrected chi connectivity index (χ3v) is 4.44. The van der Waals surface area contributed by atoms with E-state index in [1.54, 1.807) is 11.8 Å². The van der Waals surface area contributed by atoms with E-state index in [0.29, 0.717) is 12.3 Å². The number of nitrogens with one attached hydrogen (secondary N) is 1. The fourth-order valence-electron chi connectivity index (χ4n) is 2.02. The number of nitrogens with zero attached hydrogens (tertiary/aromatic N) is 1. The van der Waals surface area contributed by atoms with Crippen LogP contribution in [0.3, 0.4) is 0 Å². The van der Waals surface area contributed by atoms with Crippen molar-refractivity contribution >= 4 is 41.7 Å². The summed E-state index contributed by atoms with van der Waals surface area (Å²) in [6.07, 6.45) is 1.58. The normalized spacial score (nSPS) is 14.8. The van der Waals surface area contributed by atoms with Gasteiger partial charge in [0.25, 0.3) is 0 Å². The van der Waals surface area contributed by atoms with Crippen LogP contribution in [-0.2, 0) is 4.79 Å². The lowest BCUT2D eigenvalue weighted by atomic mass is 10.2. The summed E-state index contributed by atoms with van der Waals surface area (Å²) in [6.45, 7) is 3.54. The first-order valence-electron chi connectivity index (χ1n) is 6.62. The monoisotopic (exact) mass is 334 g/mol. The van der Waals surface area contributed by atoms with E-state index in [1.165, 1.54) is 4.90 Å². The first kappa shape index (κ1) is 17.6. The van der Waals surface area contributed by atoms with Crippen LogP contribution in [0.4, 0.5) is 0 Å². The van der Waals surface area contributed by atoms with Crippen LogP contribution in [0.25, 0.3) is 0 Å². The maximum absolute atomic E-state index is 11.9. The summed E-state index contributed by atoms with van der Waals surface area (Å²) in [5, 5.41) is 4.02. The Kier molecular flexibility index (Phi) is 8.38. The van der Waals surface area contributed by atoms with Crippen LogP contribution < -0.4 is 5.32 Å². The van der Waals surface area contributed by atoms with Crippen molar-refractivity contribution in [3.05, 3.63) is 29.3 Å². The minimum absolute atomic E-state index is 0. The van der Waals surface area contributed by atoms with Gasteiger partial charge in [-0.25, -0.2) is 0 Å². The van der Waals surface area contributed by atoms with E-state index in [9.17, 15) is 4.79 Å². The van der Waals surface area contributed by atoms with Crippen molar-refractivity contribution in [2.24, 2.45) is 0 Å². The van der Waals surface area contributed by atoms with Gasteiger partial charge in [-0.05, 0) is 36.4 Å². The van der Waals surface area contributed by atoms with Gasteiger partial charge in [0, 0.05) is 42.5 Å². The molecule has 1 amide bonds. The molecule has 1 aliphatic rings. The van der Waals surface area contributed by atoms with Crippen LogP contribution in [-0.4, -0.2) is 42.7 Å². The minimum Gasteiger partial charge on any atom is -0.340 e. The second kappa shape index (κ2) is 9.50. The van der Waals surface area contributed by atoms with Crippen molar-refractivity contribution in [3.63, 3.8) is 0 Å². The van der Waals surface area contributed by atoms with Gasteiger partial charge < -0.3 is 10.2 Å². The molecule has 0 bridgehead atoms. The second-order valence-electron chi connectivity index (χ2n) is 4.54. The highest BCUT2D eigenvalue weighted by Crippen LogP contribution is 2.21. The molecule has 1 N–H and O–H groups in total. The Morgan fingerprint density at radius 2 is 1.90 bits per heavy atom. The summed E-state index contributed by atoms with van der Waals surface area (Å²) >= 11 is 7.61. The molecule has 1 aromatic rings. The molecule has 0 spiro atoms. The van der Waals surface area contributed by atoms with Gasteiger partial charge in [0.1, 0.15) is 0 Å². The SMILES string of the molecule is Cl.O=C(CCCSc1ccc(Cl)cc1)N1CCNCC1. The highest BCUT2D eigenvalue weighted by Gasteiger charge is 2.15. The Balaban J connectivity index is 0.00000200. The summed E-state index contributed by atoms with van der Waals surface area (Å²) in [7, 11) is 0. The number of hydrogen-bond acceptors (Lipinski definition) is 3. The molecule has 2 rings (SSSR count). The average molecular weight is 335 g/mol. The topological polar surface area (TPSA) is 32.3 Å². The van der Waals surface area contributed by atoms with Crippen LogP contribution in [0.5, 0.6) is 0 Å². The standard InChI is InChI=1S/C14H19ClN2OS.ClH/c15-12-3-5-13(6-4-12)19-11-1-2-14(18)17-9-7-16-8-10-17;/h3-6,16H,1-2,7-11H2;1H. The number of amides is 1. The first-order valence-corrected chi connectivity index (χ1v) is 7.99. The first-order chi connectivity index (χ1) is 9.25. The Hall–Kier alpha value is -0.420. The summed E-state index contributed by atoms with van der Waals surface area (Å²) in [5.41, 5.74) is 0. The molecule has 1 fully saturated rings. The van der Waals surface area contributed by atoms with Crippen molar-refractivity contribution in [2.45, 2.75) is 17.7 Å². The van der Waals surface area contributed by atoms with E-state index in [-0.39, 0.29) is 12.4 Å². The van der Waals surface area contributed by atoms with Crippen LogP contribution in [0, 0.1) is 0 Å². The maximum Gasteiger partial charge on any atom is 0.222 e. The molecular weight excluding hydrogens is 315 g/mol. The van der Waals surface area contributed by atoms with Crippen LogP contribution in [0.2, 0.25) is 5.02 Å². The van der Waals surface area contributed by atoms with Crippen molar-refractivity contribution < 1.29 is 4.79 Å². The van der Waals surface area contributed by atoms with E-state index in [2.05, 4.69) is 5.32 Å². The average Bonchev–Trinajstić information content (AvgIpc) is 2.46. The third kappa shape index (κ3) is 5.92. The largest absolute Gasteiger partial charge is 0.340 e. The zero-order valence-corrected chi connectivity index (χ0v) is 13.7. The van der Waals surface area contributed by atoms with Crippen LogP contribution in [0.15, 0.2) is 29.2 Å². The quantitative estimate of drug-likeness (QED) is 0.663. The highest BCUT2D eigenvalue weighted by molar-refractivity contribution is 7.99. The number of halogens is 2. The molecule has 3 nitrogen and oxygen atoms in total. The number of hydrogen-bond donors (Lipinski definition) is 1. The predicted octanol–water partition coefficient (Wildman–Crippen LogP) is 3.07. The van der Waals surface area contributed by atoms with Gasteiger partial charge in [-0.15, -0.1) is 24.2 Å². The molecule has 20 heavy (non-hydrogen) atoms. The molecule has 6 heteroatoms. The molecule has 0 saturated carbocycles. The second-order valence-corrected chi connectivity index (χ2v) is 6.14. The van der Waals surface area contributed by atoms with E-state index in [0.717, 1.165) is 43.4 Å². The molecular formula is C14H20Cl2N2OS. The van der Waals surface area contributed by atoms with Gasteiger partial charge in [0.05, 0.1) is 0 Å². The summed E-state index contributed by atoms with van der Waals surface area (Å²) in [6, 6.07) is 7.84. The lowest BCUT2D eigenvalue weighted by Gasteiger charge is -2.27. The summed E-state index contributed by atoms with van der Waals surface area (Å²) < 4.78 is 0. The summed E-state index contributed by atoms with van der Waals surface area (Å²) in [5.74, 6) is 1.26. The molecule has 1 saturated heterocycles. The van der Waals surface area contributed by atoms with Gasteiger partial charge in [-0.1, -0.05) is 11.6 Å². The van der Waals surface area contributed by atoms with Crippen molar-refractivity contribution in [2.75, 3.05) is 31.9 Å². The van der Waals surface area contributed by atoms with Crippen molar-refractivity contribution in [1.82, 2.24) is 10.2 Å². The molecule has 0 aliphatic carbocycles. The van der Waals surface area contributed by atoms with Gasteiger partial charge in [0.2, 0.25) is 5.91 Å². The van der Waals surface area contributed by atoms with E-state index >= 15 is 0 Å². The van der Waals surface area contributed by atoms with Gasteiger partial charge in [0.15, 0.2) is 0 Å². The third-order valence-electron chi connectivity index (χ3n) is 3.09. The lowest BCUT2D eigenvalue weighted by molar-refractivity contribution is -0.131. The van der Waals surface area contributed by atoms with Crippen LogP contribution in [0.1, 0.15) is 12.8 Å². The molecule has 0 atom stereocenters. The summed E-state index contributed by atoms with van der Waals surface area (Å²) in [4.78, 5) is 15.1.